The molecule has 0 fully saturated rings. The molecule has 0 bridgehead atoms. The Balaban J connectivity index is 1.85. The maximum atomic E-state index is 12.2. The average molecular weight is 402 g/mol. The highest BCUT2D eigenvalue weighted by atomic mass is 35.5. The SMILES string of the molecule is CC1=CC(C)(C)N(C)c2cc(Cl)c(/C=N\NC(=O)c3ccccc3Cl)cc21. The van der Waals surface area contributed by atoms with Crippen molar-refractivity contribution in [3.05, 3.63) is 69.2 Å². The third kappa shape index (κ3) is 3.87. The number of hydrogen-bond donors (Lipinski definition) is 1. The molecular weight excluding hydrogens is 381 g/mol. The second-order valence-corrected chi connectivity index (χ2v) is 7.92. The van der Waals surface area contributed by atoms with Gasteiger partial charge in [0.2, 0.25) is 0 Å². The summed E-state index contributed by atoms with van der Waals surface area (Å²) in [5.74, 6) is -0.372. The molecule has 0 atom stereocenters. The van der Waals surface area contributed by atoms with Crippen LogP contribution in [0.15, 0.2) is 47.6 Å². The molecule has 3 rings (SSSR count). The van der Waals surface area contributed by atoms with Gasteiger partial charge in [0.25, 0.3) is 5.91 Å². The maximum Gasteiger partial charge on any atom is 0.272 e. The molecule has 1 N–H and O–H groups in total. The summed E-state index contributed by atoms with van der Waals surface area (Å²) in [5, 5.41) is 4.99. The third-order valence-corrected chi connectivity index (χ3v) is 5.48. The highest BCUT2D eigenvalue weighted by molar-refractivity contribution is 6.34. The van der Waals surface area contributed by atoms with Crippen LogP contribution in [-0.4, -0.2) is 24.7 Å². The van der Waals surface area contributed by atoms with Crippen molar-refractivity contribution >= 4 is 46.6 Å². The highest BCUT2D eigenvalue weighted by Gasteiger charge is 2.29. The molecule has 0 saturated heterocycles. The van der Waals surface area contributed by atoms with Gasteiger partial charge in [0.1, 0.15) is 0 Å². The van der Waals surface area contributed by atoms with Gasteiger partial charge in [0, 0.05) is 23.9 Å². The van der Waals surface area contributed by atoms with E-state index in [2.05, 4.69) is 49.3 Å². The fraction of sp³-hybridized carbons (Fsp3) is 0.238. The molecular formula is C21H21Cl2N3O. The number of hydrazone groups is 1. The van der Waals surface area contributed by atoms with Crippen LogP contribution in [0, 0.1) is 0 Å². The summed E-state index contributed by atoms with van der Waals surface area (Å²) in [4.78, 5) is 14.4. The van der Waals surface area contributed by atoms with Crippen molar-refractivity contribution in [3.8, 4) is 0 Å². The number of allylic oxidation sites excluding steroid dienone is 1. The Bertz CT molecular complexity index is 964. The van der Waals surface area contributed by atoms with Crippen molar-refractivity contribution in [2.24, 2.45) is 5.10 Å². The molecule has 27 heavy (non-hydrogen) atoms. The average Bonchev–Trinajstić information content (AvgIpc) is 2.60. The largest absolute Gasteiger partial charge is 0.365 e. The summed E-state index contributed by atoms with van der Waals surface area (Å²) < 4.78 is 0. The normalized spacial score (nSPS) is 15.5. The minimum atomic E-state index is -0.372. The van der Waals surface area contributed by atoms with Crippen LogP contribution in [-0.2, 0) is 0 Å². The number of amides is 1. The lowest BCUT2D eigenvalue weighted by Crippen LogP contribution is -2.42. The minimum Gasteiger partial charge on any atom is -0.365 e. The quantitative estimate of drug-likeness (QED) is 0.553. The number of rotatable bonds is 3. The summed E-state index contributed by atoms with van der Waals surface area (Å²) in [7, 11) is 2.05. The number of fused-ring (bicyclic) bond motifs is 1. The van der Waals surface area contributed by atoms with E-state index in [-0.39, 0.29) is 11.4 Å². The summed E-state index contributed by atoms with van der Waals surface area (Å²) in [5.41, 5.74) is 6.86. The monoisotopic (exact) mass is 401 g/mol. The first-order valence-electron chi connectivity index (χ1n) is 8.56. The molecule has 0 saturated carbocycles. The van der Waals surface area contributed by atoms with E-state index in [1.165, 1.54) is 5.57 Å². The van der Waals surface area contributed by atoms with E-state index in [0.717, 1.165) is 16.8 Å². The van der Waals surface area contributed by atoms with Crippen LogP contribution in [0.2, 0.25) is 10.0 Å². The molecule has 2 aromatic rings. The Morgan fingerprint density at radius 3 is 2.59 bits per heavy atom. The van der Waals surface area contributed by atoms with Crippen molar-refractivity contribution in [1.29, 1.82) is 0 Å². The standard InChI is InChI=1S/C21H21Cl2N3O/c1-13-11-21(2,3)26(4)19-10-18(23)14(9-16(13)19)12-24-25-20(27)15-7-5-6-8-17(15)22/h5-12H,1-4H3,(H,25,27)/b24-12-. The number of nitrogens with one attached hydrogen (secondary N) is 1. The topological polar surface area (TPSA) is 44.7 Å². The Morgan fingerprint density at radius 1 is 1.19 bits per heavy atom. The van der Waals surface area contributed by atoms with Crippen LogP contribution in [0.1, 0.15) is 42.3 Å². The fourth-order valence-electron chi connectivity index (χ4n) is 3.15. The van der Waals surface area contributed by atoms with Crippen LogP contribution in [0.3, 0.4) is 0 Å². The van der Waals surface area contributed by atoms with Gasteiger partial charge in [-0.1, -0.05) is 41.4 Å². The Kier molecular flexibility index (Phi) is 5.31. The van der Waals surface area contributed by atoms with Gasteiger partial charge in [-0.2, -0.15) is 5.10 Å². The number of anilines is 1. The first kappa shape index (κ1) is 19.5. The molecule has 1 aliphatic rings. The van der Waals surface area contributed by atoms with Crippen LogP contribution in [0.4, 0.5) is 5.69 Å². The van der Waals surface area contributed by atoms with Crippen LogP contribution < -0.4 is 10.3 Å². The number of benzene rings is 2. The van der Waals surface area contributed by atoms with Crippen molar-refractivity contribution in [3.63, 3.8) is 0 Å². The van der Waals surface area contributed by atoms with Crippen LogP contribution in [0.25, 0.3) is 5.57 Å². The fourth-order valence-corrected chi connectivity index (χ4v) is 3.58. The maximum absolute atomic E-state index is 12.2. The number of carbonyl (C=O) groups is 1. The predicted octanol–water partition coefficient (Wildman–Crippen LogP) is 5.39. The van der Waals surface area contributed by atoms with Gasteiger partial charge in [-0.15, -0.1) is 0 Å². The lowest BCUT2D eigenvalue weighted by Gasteiger charge is -2.40. The summed E-state index contributed by atoms with van der Waals surface area (Å²) in [6, 6.07) is 10.7. The molecule has 6 heteroatoms. The van der Waals surface area contributed by atoms with E-state index in [9.17, 15) is 4.79 Å². The van der Waals surface area contributed by atoms with E-state index in [1.54, 1.807) is 30.5 Å². The Labute approximate surface area is 169 Å². The van der Waals surface area contributed by atoms with Crippen molar-refractivity contribution < 1.29 is 4.79 Å². The number of nitrogens with zero attached hydrogens (tertiary/aromatic N) is 2. The molecule has 0 unspecified atom stereocenters. The molecule has 0 spiro atoms. The van der Waals surface area contributed by atoms with Gasteiger partial charge in [-0.25, -0.2) is 5.43 Å². The number of likely N-dealkylation sites (N-methyl/N-ethyl adjacent to an activating group) is 1. The summed E-state index contributed by atoms with van der Waals surface area (Å²) >= 11 is 12.5. The van der Waals surface area contributed by atoms with E-state index < -0.39 is 0 Å². The number of hydrogen-bond acceptors (Lipinski definition) is 3. The molecule has 1 heterocycles. The smallest absolute Gasteiger partial charge is 0.272 e. The summed E-state index contributed by atoms with van der Waals surface area (Å²) in [6.07, 6.45) is 3.77. The van der Waals surface area contributed by atoms with Gasteiger partial charge in [0.05, 0.1) is 27.4 Å². The van der Waals surface area contributed by atoms with Crippen molar-refractivity contribution in [2.75, 3.05) is 11.9 Å². The molecule has 0 radical (unpaired) electrons. The first-order valence-corrected chi connectivity index (χ1v) is 9.31. The predicted molar refractivity (Wildman–Crippen MR) is 114 cm³/mol. The van der Waals surface area contributed by atoms with Gasteiger partial charge < -0.3 is 4.90 Å². The van der Waals surface area contributed by atoms with E-state index in [0.29, 0.717) is 15.6 Å². The van der Waals surface area contributed by atoms with Gasteiger partial charge >= 0.3 is 0 Å². The second kappa shape index (κ2) is 7.37. The van der Waals surface area contributed by atoms with E-state index in [1.807, 2.05) is 12.1 Å². The summed E-state index contributed by atoms with van der Waals surface area (Å²) in [6.45, 7) is 6.40. The molecule has 2 aromatic carbocycles. The zero-order chi connectivity index (χ0) is 19.8. The lowest BCUT2D eigenvalue weighted by atomic mass is 9.88. The van der Waals surface area contributed by atoms with E-state index >= 15 is 0 Å². The van der Waals surface area contributed by atoms with Gasteiger partial charge in [-0.05, 0) is 50.6 Å². The van der Waals surface area contributed by atoms with Crippen LogP contribution >= 0.6 is 23.2 Å². The zero-order valence-corrected chi connectivity index (χ0v) is 17.2. The van der Waals surface area contributed by atoms with Crippen molar-refractivity contribution in [1.82, 2.24) is 5.43 Å². The third-order valence-electron chi connectivity index (χ3n) is 4.82. The van der Waals surface area contributed by atoms with Gasteiger partial charge in [-0.3, -0.25) is 4.79 Å². The highest BCUT2D eigenvalue weighted by Crippen LogP contribution is 2.40. The minimum absolute atomic E-state index is 0.0844. The molecule has 4 nitrogen and oxygen atoms in total. The zero-order valence-electron chi connectivity index (χ0n) is 15.7. The number of carbonyl (C=O) groups excluding carboxylic acids is 1. The Hall–Kier alpha value is -2.30. The molecule has 1 aliphatic heterocycles. The number of halogens is 2. The lowest BCUT2D eigenvalue weighted by molar-refractivity contribution is 0.0955. The van der Waals surface area contributed by atoms with Gasteiger partial charge in [0.15, 0.2) is 0 Å². The van der Waals surface area contributed by atoms with Crippen LogP contribution in [0.5, 0.6) is 0 Å². The second-order valence-electron chi connectivity index (χ2n) is 7.11. The van der Waals surface area contributed by atoms with E-state index in [4.69, 9.17) is 23.2 Å². The molecule has 140 valence electrons. The molecule has 0 aliphatic carbocycles. The molecule has 0 aromatic heterocycles. The van der Waals surface area contributed by atoms with Crippen molar-refractivity contribution in [2.45, 2.75) is 26.3 Å². The Morgan fingerprint density at radius 2 is 1.89 bits per heavy atom. The first-order chi connectivity index (χ1) is 12.7. The molecule has 1 amide bonds.